The number of carbonyl (C=O) groups is 1. The maximum Gasteiger partial charge on any atom is 0.262 e. The largest absolute Gasteiger partial charge is 0.482 e. The maximum absolute atomic E-state index is 11.3. The molecule has 1 aromatic carbocycles. The average Bonchev–Trinajstić information content (AvgIpc) is 2.42. The number of fused-ring (bicyclic) bond motifs is 1. The second-order valence-corrected chi connectivity index (χ2v) is 5.44. The number of anilines is 1. The topological polar surface area (TPSA) is 38.3 Å². The Hall–Kier alpha value is -1.22. The lowest BCUT2D eigenvalue weighted by Gasteiger charge is -2.19. The van der Waals surface area contributed by atoms with Crippen molar-refractivity contribution in [1.82, 2.24) is 0 Å². The molecule has 1 heterocycles. The summed E-state index contributed by atoms with van der Waals surface area (Å²) in [6.07, 6.45) is 5.83. The maximum atomic E-state index is 11.3. The first-order valence-corrected chi connectivity index (χ1v) is 7.35. The van der Waals surface area contributed by atoms with Gasteiger partial charge in [-0.15, -0.1) is 11.6 Å². The van der Waals surface area contributed by atoms with Crippen LogP contribution in [-0.4, -0.2) is 12.5 Å². The molecule has 1 amide bonds. The van der Waals surface area contributed by atoms with Gasteiger partial charge in [0.15, 0.2) is 6.61 Å². The summed E-state index contributed by atoms with van der Waals surface area (Å²) in [5.41, 5.74) is 1.77. The summed E-state index contributed by atoms with van der Waals surface area (Å²) in [6.45, 7) is 2.29. The van der Waals surface area contributed by atoms with Crippen LogP contribution in [0, 0.1) is 0 Å². The number of alkyl halides is 1. The molecule has 1 unspecified atom stereocenters. The van der Waals surface area contributed by atoms with E-state index in [4.69, 9.17) is 16.3 Å². The van der Waals surface area contributed by atoms with E-state index in [1.807, 2.05) is 18.2 Å². The Morgan fingerprint density at radius 3 is 3.00 bits per heavy atom. The molecule has 0 aliphatic carbocycles. The number of rotatable bonds is 6. The molecule has 0 aromatic heterocycles. The molecule has 1 atom stereocenters. The zero-order valence-electron chi connectivity index (χ0n) is 11.2. The number of amides is 1. The molecule has 1 N–H and O–H groups in total. The van der Waals surface area contributed by atoms with Crippen LogP contribution in [0.15, 0.2) is 18.2 Å². The number of hydrogen-bond acceptors (Lipinski definition) is 2. The third-order valence-electron chi connectivity index (χ3n) is 3.31. The summed E-state index contributed by atoms with van der Waals surface area (Å²) in [4.78, 5) is 11.3. The Kier molecular flexibility index (Phi) is 5.08. The van der Waals surface area contributed by atoms with E-state index in [-0.39, 0.29) is 17.9 Å². The van der Waals surface area contributed by atoms with Crippen molar-refractivity contribution in [2.75, 3.05) is 11.9 Å². The molecule has 0 saturated carbocycles. The SMILES string of the molecule is CCCCCCC(Cl)c1ccc2c(c1)NC(=O)CO2. The van der Waals surface area contributed by atoms with E-state index in [2.05, 4.69) is 12.2 Å². The van der Waals surface area contributed by atoms with Gasteiger partial charge in [0.2, 0.25) is 0 Å². The summed E-state index contributed by atoms with van der Waals surface area (Å²) in [5, 5.41) is 2.81. The van der Waals surface area contributed by atoms with E-state index < -0.39 is 0 Å². The van der Waals surface area contributed by atoms with Gasteiger partial charge < -0.3 is 10.1 Å². The Labute approximate surface area is 119 Å². The molecule has 1 aliphatic heterocycles. The fourth-order valence-electron chi connectivity index (χ4n) is 2.21. The molecule has 1 aromatic rings. The Morgan fingerprint density at radius 1 is 1.37 bits per heavy atom. The normalized spacial score (nSPS) is 15.4. The van der Waals surface area contributed by atoms with E-state index in [9.17, 15) is 4.79 Å². The highest BCUT2D eigenvalue weighted by Crippen LogP contribution is 2.34. The number of benzene rings is 1. The minimum Gasteiger partial charge on any atom is -0.482 e. The summed E-state index contributed by atoms with van der Waals surface area (Å²) >= 11 is 6.41. The fraction of sp³-hybridized carbons (Fsp3) is 0.533. The van der Waals surface area contributed by atoms with Crippen LogP contribution in [0.25, 0.3) is 0 Å². The zero-order chi connectivity index (χ0) is 13.7. The van der Waals surface area contributed by atoms with Crippen molar-refractivity contribution in [2.24, 2.45) is 0 Å². The number of hydrogen-bond donors (Lipinski definition) is 1. The minimum atomic E-state index is -0.112. The van der Waals surface area contributed by atoms with Crippen molar-refractivity contribution in [3.8, 4) is 5.75 Å². The number of carbonyl (C=O) groups excluding carboxylic acids is 1. The van der Waals surface area contributed by atoms with Crippen LogP contribution < -0.4 is 10.1 Å². The molecule has 0 radical (unpaired) electrons. The van der Waals surface area contributed by atoms with Crippen molar-refractivity contribution in [3.63, 3.8) is 0 Å². The van der Waals surface area contributed by atoms with Gasteiger partial charge in [-0.2, -0.15) is 0 Å². The monoisotopic (exact) mass is 281 g/mol. The zero-order valence-corrected chi connectivity index (χ0v) is 12.0. The molecule has 0 spiro atoms. The van der Waals surface area contributed by atoms with Gasteiger partial charge in [0.05, 0.1) is 11.1 Å². The van der Waals surface area contributed by atoms with Gasteiger partial charge in [0.1, 0.15) is 5.75 Å². The summed E-state index contributed by atoms with van der Waals surface area (Å²) < 4.78 is 5.33. The van der Waals surface area contributed by atoms with E-state index in [1.54, 1.807) is 0 Å². The van der Waals surface area contributed by atoms with Crippen molar-refractivity contribution in [1.29, 1.82) is 0 Å². The molecule has 1 aliphatic rings. The first-order chi connectivity index (χ1) is 9.20. The molecule has 0 bridgehead atoms. The molecule has 4 heteroatoms. The van der Waals surface area contributed by atoms with Gasteiger partial charge in [0, 0.05) is 0 Å². The minimum absolute atomic E-state index is 0.000912. The molecule has 104 valence electrons. The highest BCUT2D eigenvalue weighted by atomic mass is 35.5. The molecular weight excluding hydrogens is 262 g/mol. The number of nitrogens with one attached hydrogen (secondary N) is 1. The van der Waals surface area contributed by atoms with Crippen LogP contribution in [0.3, 0.4) is 0 Å². The van der Waals surface area contributed by atoms with E-state index >= 15 is 0 Å². The predicted molar refractivity (Wildman–Crippen MR) is 77.9 cm³/mol. The fourth-order valence-corrected chi connectivity index (χ4v) is 2.50. The second-order valence-electron chi connectivity index (χ2n) is 4.91. The quantitative estimate of drug-likeness (QED) is 0.625. The highest BCUT2D eigenvalue weighted by Gasteiger charge is 2.17. The van der Waals surface area contributed by atoms with Gasteiger partial charge in [-0.05, 0) is 24.1 Å². The average molecular weight is 282 g/mol. The Morgan fingerprint density at radius 2 is 2.21 bits per heavy atom. The van der Waals surface area contributed by atoms with Crippen LogP contribution >= 0.6 is 11.6 Å². The molecule has 2 rings (SSSR count). The van der Waals surface area contributed by atoms with E-state index in [0.29, 0.717) is 0 Å². The van der Waals surface area contributed by atoms with Gasteiger partial charge in [0.25, 0.3) is 5.91 Å². The molecule has 0 saturated heterocycles. The van der Waals surface area contributed by atoms with Crippen LogP contribution in [0.5, 0.6) is 5.75 Å². The molecular formula is C15H20ClNO2. The highest BCUT2D eigenvalue weighted by molar-refractivity contribution is 6.20. The smallest absolute Gasteiger partial charge is 0.262 e. The first-order valence-electron chi connectivity index (χ1n) is 6.91. The lowest BCUT2D eigenvalue weighted by molar-refractivity contribution is -0.118. The lowest BCUT2D eigenvalue weighted by Crippen LogP contribution is -2.25. The summed E-state index contributed by atoms with van der Waals surface area (Å²) in [7, 11) is 0. The van der Waals surface area contributed by atoms with Crippen molar-refractivity contribution in [3.05, 3.63) is 23.8 Å². The van der Waals surface area contributed by atoms with Crippen LogP contribution in [0.1, 0.15) is 50.0 Å². The number of unbranched alkanes of at least 4 members (excludes halogenated alkanes) is 3. The van der Waals surface area contributed by atoms with Crippen molar-refractivity contribution in [2.45, 2.75) is 44.4 Å². The van der Waals surface area contributed by atoms with E-state index in [1.165, 1.54) is 19.3 Å². The second kappa shape index (κ2) is 6.80. The number of halogens is 1. The standard InChI is InChI=1S/C15H20ClNO2/c1-2-3-4-5-6-12(16)11-7-8-14-13(9-11)17-15(18)10-19-14/h7-9,12H,2-6,10H2,1H3,(H,17,18). The molecule has 0 fully saturated rings. The van der Waals surface area contributed by atoms with Gasteiger partial charge >= 0.3 is 0 Å². The third kappa shape index (κ3) is 3.87. The van der Waals surface area contributed by atoms with Crippen molar-refractivity contribution < 1.29 is 9.53 Å². The van der Waals surface area contributed by atoms with Gasteiger partial charge in [-0.25, -0.2) is 0 Å². The number of ether oxygens (including phenoxy) is 1. The van der Waals surface area contributed by atoms with Gasteiger partial charge in [-0.3, -0.25) is 4.79 Å². The summed E-state index contributed by atoms with van der Waals surface area (Å²) in [5.74, 6) is 0.608. The van der Waals surface area contributed by atoms with Crippen LogP contribution in [0.2, 0.25) is 0 Å². The van der Waals surface area contributed by atoms with Crippen molar-refractivity contribution >= 4 is 23.2 Å². The lowest BCUT2D eigenvalue weighted by atomic mass is 10.0. The third-order valence-corrected chi connectivity index (χ3v) is 3.78. The molecule has 19 heavy (non-hydrogen) atoms. The molecule has 3 nitrogen and oxygen atoms in total. The van der Waals surface area contributed by atoms with Crippen LogP contribution in [-0.2, 0) is 4.79 Å². The Balaban J connectivity index is 1.96. The Bertz CT molecular complexity index is 448. The predicted octanol–water partition coefficient (Wildman–Crippen LogP) is 4.27. The summed E-state index contributed by atoms with van der Waals surface area (Å²) in [6, 6.07) is 5.78. The van der Waals surface area contributed by atoms with Crippen LogP contribution in [0.4, 0.5) is 5.69 Å². The van der Waals surface area contributed by atoms with E-state index in [0.717, 1.165) is 29.8 Å². The first kappa shape index (κ1) is 14.2. The van der Waals surface area contributed by atoms with Gasteiger partial charge in [-0.1, -0.05) is 38.7 Å².